The summed E-state index contributed by atoms with van der Waals surface area (Å²) in [6, 6.07) is 26.5. The molecule has 0 spiro atoms. The van der Waals surface area contributed by atoms with Crippen molar-refractivity contribution >= 4 is 21.7 Å². The van der Waals surface area contributed by atoms with Gasteiger partial charge in [0, 0.05) is 32.8 Å². The quantitative estimate of drug-likeness (QED) is 0.392. The summed E-state index contributed by atoms with van der Waals surface area (Å²) in [6.45, 7) is 0. The molecule has 0 bridgehead atoms. The average molecular weight is 404 g/mol. The van der Waals surface area contributed by atoms with E-state index in [1.165, 1.54) is 0 Å². The number of benzene rings is 3. The molecule has 0 N–H and O–H groups in total. The average Bonchev–Trinajstić information content (AvgIpc) is 3.19. The first-order valence-corrected chi connectivity index (χ1v) is 8.94. The van der Waals surface area contributed by atoms with E-state index in [0.29, 0.717) is 22.6 Å². The summed E-state index contributed by atoms with van der Waals surface area (Å²) in [5, 5.41) is 4.18. The molecular formula is C22H14BrNO2. The number of hydrogen-bond donors (Lipinski definition) is 0. The minimum atomic E-state index is -0.0580. The van der Waals surface area contributed by atoms with Crippen LogP contribution in [0.25, 0.3) is 22.6 Å². The molecule has 3 aromatic carbocycles. The lowest BCUT2D eigenvalue weighted by Gasteiger charge is -2.07. The monoisotopic (exact) mass is 403 g/mol. The highest BCUT2D eigenvalue weighted by atomic mass is 79.9. The zero-order valence-electron chi connectivity index (χ0n) is 13.7. The van der Waals surface area contributed by atoms with Gasteiger partial charge in [-0.05, 0) is 12.1 Å². The summed E-state index contributed by atoms with van der Waals surface area (Å²) < 4.78 is 6.27. The summed E-state index contributed by atoms with van der Waals surface area (Å²) >= 11 is 3.45. The number of carbonyl (C=O) groups excluding carboxylic acids is 1. The van der Waals surface area contributed by atoms with E-state index >= 15 is 0 Å². The van der Waals surface area contributed by atoms with Gasteiger partial charge in [-0.2, -0.15) is 0 Å². The molecule has 1 aromatic heterocycles. The number of nitrogens with zero attached hydrogens (tertiary/aromatic N) is 1. The lowest BCUT2D eigenvalue weighted by atomic mass is 9.96. The Balaban J connectivity index is 1.77. The molecule has 0 amide bonds. The zero-order chi connectivity index (χ0) is 17.9. The summed E-state index contributed by atoms with van der Waals surface area (Å²) in [6.07, 6.45) is 0. The van der Waals surface area contributed by atoms with E-state index in [0.717, 1.165) is 15.6 Å². The van der Waals surface area contributed by atoms with Crippen LogP contribution in [0.15, 0.2) is 93.9 Å². The fraction of sp³-hybridized carbons (Fsp3) is 0. The van der Waals surface area contributed by atoms with E-state index in [2.05, 4.69) is 21.1 Å². The lowest BCUT2D eigenvalue weighted by molar-refractivity contribution is 0.103. The van der Waals surface area contributed by atoms with Crippen molar-refractivity contribution in [1.82, 2.24) is 5.16 Å². The summed E-state index contributed by atoms with van der Waals surface area (Å²) in [5.41, 5.74) is 3.54. The Bertz CT molecular complexity index is 1070. The van der Waals surface area contributed by atoms with Crippen molar-refractivity contribution in [1.29, 1.82) is 0 Å². The van der Waals surface area contributed by atoms with Crippen LogP contribution in [-0.2, 0) is 0 Å². The third-order valence-electron chi connectivity index (χ3n) is 4.13. The zero-order valence-corrected chi connectivity index (χ0v) is 15.3. The van der Waals surface area contributed by atoms with Crippen LogP contribution in [0.3, 0.4) is 0 Å². The molecule has 0 fully saturated rings. The van der Waals surface area contributed by atoms with Gasteiger partial charge in [-0.15, -0.1) is 0 Å². The standard InChI is InChI=1S/C22H14BrNO2/c23-19-13-7-6-12-18(19)22(25)17-11-5-4-10-16(17)20-14-21(26-24-20)15-8-2-1-3-9-15/h1-14H. The number of rotatable bonds is 4. The molecule has 126 valence electrons. The molecule has 0 radical (unpaired) electrons. The van der Waals surface area contributed by atoms with Crippen molar-refractivity contribution in [2.24, 2.45) is 0 Å². The Morgan fingerprint density at radius 2 is 1.46 bits per heavy atom. The van der Waals surface area contributed by atoms with E-state index in [4.69, 9.17) is 4.52 Å². The van der Waals surface area contributed by atoms with Crippen LogP contribution >= 0.6 is 15.9 Å². The van der Waals surface area contributed by atoms with E-state index in [1.54, 1.807) is 6.07 Å². The van der Waals surface area contributed by atoms with Gasteiger partial charge in [0.15, 0.2) is 11.5 Å². The van der Waals surface area contributed by atoms with Gasteiger partial charge >= 0.3 is 0 Å². The molecule has 4 rings (SSSR count). The molecule has 4 aromatic rings. The fourth-order valence-electron chi connectivity index (χ4n) is 2.84. The normalized spacial score (nSPS) is 10.7. The summed E-state index contributed by atoms with van der Waals surface area (Å²) in [7, 11) is 0. The molecule has 0 aliphatic heterocycles. The van der Waals surface area contributed by atoms with Gasteiger partial charge in [0.2, 0.25) is 0 Å². The summed E-state index contributed by atoms with van der Waals surface area (Å²) in [4.78, 5) is 13.0. The topological polar surface area (TPSA) is 43.1 Å². The number of halogens is 1. The fourth-order valence-corrected chi connectivity index (χ4v) is 3.30. The molecule has 0 unspecified atom stereocenters. The van der Waals surface area contributed by atoms with Crippen molar-refractivity contribution in [3.05, 3.63) is 101 Å². The Hall–Kier alpha value is -2.98. The van der Waals surface area contributed by atoms with E-state index in [-0.39, 0.29) is 5.78 Å². The SMILES string of the molecule is O=C(c1ccccc1Br)c1ccccc1-c1cc(-c2ccccc2)on1. The van der Waals surface area contributed by atoms with Gasteiger partial charge < -0.3 is 4.52 Å². The maximum atomic E-state index is 13.0. The van der Waals surface area contributed by atoms with Crippen LogP contribution in [0.1, 0.15) is 15.9 Å². The minimum absolute atomic E-state index is 0.0580. The second-order valence-corrected chi connectivity index (χ2v) is 6.65. The maximum Gasteiger partial charge on any atom is 0.194 e. The molecule has 3 nitrogen and oxygen atoms in total. The van der Waals surface area contributed by atoms with Crippen LogP contribution in [0, 0.1) is 0 Å². The van der Waals surface area contributed by atoms with Gasteiger partial charge in [0.25, 0.3) is 0 Å². The van der Waals surface area contributed by atoms with Crippen molar-refractivity contribution in [3.63, 3.8) is 0 Å². The van der Waals surface area contributed by atoms with Crippen molar-refractivity contribution < 1.29 is 9.32 Å². The molecule has 0 atom stereocenters. The van der Waals surface area contributed by atoms with Crippen molar-refractivity contribution in [2.75, 3.05) is 0 Å². The first-order valence-electron chi connectivity index (χ1n) is 8.15. The first-order chi connectivity index (χ1) is 12.7. The molecule has 4 heteroatoms. The largest absolute Gasteiger partial charge is 0.356 e. The highest BCUT2D eigenvalue weighted by molar-refractivity contribution is 9.10. The van der Waals surface area contributed by atoms with E-state index in [9.17, 15) is 4.79 Å². The van der Waals surface area contributed by atoms with Crippen LogP contribution in [-0.4, -0.2) is 10.9 Å². The van der Waals surface area contributed by atoms with Gasteiger partial charge in [0.1, 0.15) is 5.69 Å². The molecule has 0 aliphatic carbocycles. The Kier molecular flexibility index (Phi) is 4.50. The third-order valence-corrected chi connectivity index (χ3v) is 4.83. The Labute approximate surface area is 159 Å². The maximum absolute atomic E-state index is 13.0. The smallest absolute Gasteiger partial charge is 0.194 e. The van der Waals surface area contributed by atoms with E-state index in [1.807, 2.05) is 78.9 Å². The van der Waals surface area contributed by atoms with Gasteiger partial charge in [0.05, 0.1) is 0 Å². The second-order valence-electron chi connectivity index (χ2n) is 5.80. The molecule has 1 heterocycles. The highest BCUT2D eigenvalue weighted by Crippen LogP contribution is 2.30. The molecule has 0 aliphatic rings. The Morgan fingerprint density at radius 3 is 2.23 bits per heavy atom. The minimum Gasteiger partial charge on any atom is -0.356 e. The molecular weight excluding hydrogens is 390 g/mol. The summed E-state index contributed by atoms with van der Waals surface area (Å²) in [5.74, 6) is 0.612. The number of ketones is 1. The third kappa shape index (κ3) is 3.11. The van der Waals surface area contributed by atoms with E-state index < -0.39 is 0 Å². The number of aromatic nitrogens is 1. The number of carbonyl (C=O) groups is 1. The first kappa shape index (κ1) is 16.5. The predicted octanol–water partition coefficient (Wildman–Crippen LogP) is 6.00. The van der Waals surface area contributed by atoms with Crippen LogP contribution in [0.4, 0.5) is 0 Å². The Morgan fingerprint density at radius 1 is 0.808 bits per heavy atom. The van der Waals surface area contributed by atoms with Gasteiger partial charge in [-0.25, -0.2) is 0 Å². The second kappa shape index (κ2) is 7.10. The van der Waals surface area contributed by atoms with Gasteiger partial charge in [-0.1, -0.05) is 87.8 Å². The van der Waals surface area contributed by atoms with Crippen LogP contribution in [0.5, 0.6) is 0 Å². The molecule has 0 saturated carbocycles. The number of hydrogen-bond acceptors (Lipinski definition) is 3. The van der Waals surface area contributed by atoms with Crippen molar-refractivity contribution in [2.45, 2.75) is 0 Å². The van der Waals surface area contributed by atoms with Crippen LogP contribution in [0.2, 0.25) is 0 Å². The predicted molar refractivity (Wildman–Crippen MR) is 105 cm³/mol. The van der Waals surface area contributed by atoms with Crippen molar-refractivity contribution in [3.8, 4) is 22.6 Å². The highest BCUT2D eigenvalue weighted by Gasteiger charge is 2.19. The molecule has 26 heavy (non-hydrogen) atoms. The van der Waals surface area contributed by atoms with Crippen LogP contribution < -0.4 is 0 Å². The molecule has 0 saturated heterocycles. The van der Waals surface area contributed by atoms with Gasteiger partial charge in [-0.3, -0.25) is 4.79 Å². The lowest BCUT2D eigenvalue weighted by Crippen LogP contribution is -2.04.